The van der Waals surface area contributed by atoms with Crippen LogP contribution in [-0.2, 0) is 11.3 Å². The first-order valence-corrected chi connectivity index (χ1v) is 7.49. The molecule has 1 saturated heterocycles. The van der Waals surface area contributed by atoms with Gasteiger partial charge in [0.05, 0.1) is 24.5 Å². The summed E-state index contributed by atoms with van der Waals surface area (Å²) in [4.78, 5) is 14.3. The van der Waals surface area contributed by atoms with Gasteiger partial charge in [-0.25, -0.2) is 4.68 Å². The first kappa shape index (κ1) is 16.0. The van der Waals surface area contributed by atoms with E-state index in [1.165, 1.54) is 4.68 Å². The molecule has 0 amide bonds. The second-order valence-corrected chi connectivity index (χ2v) is 6.54. The lowest BCUT2D eigenvalue weighted by atomic mass is 10.1. The SMILES string of the molecule is COC1CCN(c2cnn(CCNC(C)(C)C)c(=O)c2)C1. The Kier molecular flexibility index (Phi) is 5.00. The van der Waals surface area contributed by atoms with Gasteiger partial charge in [-0.2, -0.15) is 5.10 Å². The van der Waals surface area contributed by atoms with E-state index in [0.29, 0.717) is 6.54 Å². The summed E-state index contributed by atoms with van der Waals surface area (Å²) in [7, 11) is 1.73. The van der Waals surface area contributed by atoms with Gasteiger partial charge in [0.15, 0.2) is 0 Å². The summed E-state index contributed by atoms with van der Waals surface area (Å²) in [5.74, 6) is 0. The Bertz CT molecular complexity index is 521. The largest absolute Gasteiger partial charge is 0.380 e. The smallest absolute Gasteiger partial charge is 0.268 e. The van der Waals surface area contributed by atoms with E-state index in [4.69, 9.17) is 4.74 Å². The molecule has 0 aliphatic carbocycles. The second-order valence-electron chi connectivity index (χ2n) is 6.54. The molecule has 0 aromatic carbocycles. The first-order valence-electron chi connectivity index (χ1n) is 7.49. The number of nitrogens with zero attached hydrogens (tertiary/aromatic N) is 3. The zero-order valence-electron chi connectivity index (χ0n) is 13.4. The summed E-state index contributed by atoms with van der Waals surface area (Å²) >= 11 is 0. The Morgan fingerprint density at radius 1 is 1.48 bits per heavy atom. The van der Waals surface area contributed by atoms with Crippen LogP contribution in [0.2, 0.25) is 0 Å². The van der Waals surface area contributed by atoms with E-state index in [-0.39, 0.29) is 17.2 Å². The lowest BCUT2D eigenvalue weighted by Gasteiger charge is -2.21. The van der Waals surface area contributed by atoms with Gasteiger partial charge in [0, 0.05) is 38.3 Å². The number of methoxy groups -OCH3 is 1. The quantitative estimate of drug-likeness (QED) is 0.873. The van der Waals surface area contributed by atoms with E-state index in [9.17, 15) is 4.79 Å². The van der Waals surface area contributed by atoms with E-state index in [1.807, 2.05) is 0 Å². The lowest BCUT2D eigenvalue weighted by molar-refractivity contribution is 0.121. The Morgan fingerprint density at radius 2 is 2.24 bits per heavy atom. The van der Waals surface area contributed by atoms with Crippen LogP contribution in [0.4, 0.5) is 5.69 Å². The Balaban J connectivity index is 1.96. The van der Waals surface area contributed by atoms with E-state index in [0.717, 1.165) is 31.7 Å². The Labute approximate surface area is 126 Å². The van der Waals surface area contributed by atoms with E-state index < -0.39 is 0 Å². The van der Waals surface area contributed by atoms with Gasteiger partial charge in [-0.05, 0) is 27.2 Å². The van der Waals surface area contributed by atoms with Crippen molar-refractivity contribution < 1.29 is 4.74 Å². The summed E-state index contributed by atoms with van der Waals surface area (Å²) in [5.41, 5.74) is 0.887. The molecule has 1 aliphatic heterocycles. The third-order valence-electron chi connectivity index (χ3n) is 3.68. The van der Waals surface area contributed by atoms with Gasteiger partial charge in [0.25, 0.3) is 5.56 Å². The number of hydrogen-bond donors (Lipinski definition) is 1. The highest BCUT2D eigenvalue weighted by Gasteiger charge is 2.22. The molecule has 21 heavy (non-hydrogen) atoms. The third-order valence-corrected chi connectivity index (χ3v) is 3.68. The van der Waals surface area contributed by atoms with Crippen LogP contribution in [0.25, 0.3) is 0 Å². The van der Waals surface area contributed by atoms with Crippen molar-refractivity contribution in [2.45, 2.75) is 45.4 Å². The van der Waals surface area contributed by atoms with Gasteiger partial charge in [-0.1, -0.05) is 0 Å². The molecule has 1 aliphatic rings. The summed E-state index contributed by atoms with van der Waals surface area (Å²) in [6.45, 7) is 9.36. The number of rotatable bonds is 5. The number of nitrogens with one attached hydrogen (secondary N) is 1. The standard InChI is InChI=1S/C15H26N4O2/c1-15(2,3)16-6-8-19-14(20)9-12(10-17-19)18-7-5-13(11-18)21-4/h9-10,13,16H,5-8,11H2,1-4H3. The fraction of sp³-hybridized carbons (Fsp3) is 0.733. The third kappa shape index (κ3) is 4.54. The molecule has 1 aromatic rings. The topological polar surface area (TPSA) is 59.4 Å². The average Bonchev–Trinajstić information content (AvgIpc) is 2.88. The molecule has 1 unspecified atom stereocenters. The predicted molar refractivity (Wildman–Crippen MR) is 83.9 cm³/mol. The van der Waals surface area contributed by atoms with Crippen LogP contribution in [0.3, 0.4) is 0 Å². The van der Waals surface area contributed by atoms with E-state index in [2.05, 4.69) is 36.1 Å². The molecule has 1 atom stereocenters. The van der Waals surface area contributed by atoms with Crippen LogP contribution in [0.5, 0.6) is 0 Å². The molecular formula is C15H26N4O2. The van der Waals surface area contributed by atoms with Gasteiger partial charge >= 0.3 is 0 Å². The van der Waals surface area contributed by atoms with E-state index in [1.54, 1.807) is 19.4 Å². The van der Waals surface area contributed by atoms with Crippen molar-refractivity contribution in [1.82, 2.24) is 15.1 Å². The minimum atomic E-state index is -0.0518. The van der Waals surface area contributed by atoms with Crippen molar-refractivity contribution in [3.05, 3.63) is 22.6 Å². The molecule has 1 fully saturated rings. The summed E-state index contributed by atoms with van der Waals surface area (Å²) < 4.78 is 6.85. The predicted octanol–water partition coefficient (Wildman–Crippen LogP) is 0.857. The molecule has 0 radical (unpaired) electrons. The molecule has 0 bridgehead atoms. The fourth-order valence-electron chi connectivity index (χ4n) is 2.46. The summed E-state index contributed by atoms with van der Waals surface area (Å²) in [6.07, 6.45) is 3.02. The highest BCUT2D eigenvalue weighted by molar-refractivity contribution is 5.44. The molecule has 6 nitrogen and oxygen atoms in total. The van der Waals surface area contributed by atoms with Gasteiger partial charge in [-0.15, -0.1) is 0 Å². The van der Waals surface area contributed by atoms with Crippen molar-refractivity contribution in [3.63, 3.8) is 0 Å². The zero-order valence-corrected chi connectivity index (χ0v) is 13.4. The monoisotopic (exact) mass is 294 g/mol. The molecular weight excluding hydrogens is 268 g/mol. The maximum atomic E-state index is 12.1. The van der Waals surface area contributed by atoms with Crippen molar-refractivity contribution >= 4 is 5.69 Å². The highest BCUT2D eigenvalue weighted by atomic mass is 16.5. The van der Waals surface area contributed by atoms with Crippen molar-refractivity contribution in [3.8, 4) is 0 Å². The van der Waals surface area contributed by atoms with Crippen molar-refractivity contribution in [2.24, 2.45) is 0 Å². The van der Waals surface area contributed by atoms with Gasteiger partial charge in [-0.3, -0.25) is 4.79 Å². The van der Waals surface area contributed by atoms with Crippen molar-refractivity contribution in [1.29, 1.82) is 0 Å². The number of anilines is 1. The molecule has 1 N–H and O–H groups in total. The summed E-state index contributed by atoms with van der Waals surface area (Å²) in [5, 5.41) is 7.63. The van der Waals surface area contributed by atoms with Crippen LogP contribution < -0.4 is 15.8 Å². The zero-order chi connectivity index (χ0) is 15.5. The minimum absolute atomic E-state index is 0.0499. The molecule has 0 spiro atoms. The van der Waals surface area contributed by atoms with E-state index >= 15 is 0 Å². The normalized spacial score (nSPS) is 19.2. The van der Waals surface area contributed by atoms with Crippen LogP contribution in [-0.4, -0.2) is 48.2 Å². The summed E-state index contributed by atoms with van der Waals surface area (Å²) in [6, 6.07) is 1.67. The number of aromatic nitrogens is 2. The van der Waals surface area contributed by atoms with Gasteiger partial charge in [0.2, 0.25) is 0 Å². The molecule has 2 rings (SSSR count). The average molecular weight is 294 g/mol. The van der Waals surface area contributed by atoms with Crippen molar-refractivity contribution in [2.75, 3.05) is 31.6 Å². The van der Waals surface area contributed by atoms with Gasteiger partial charge < -0.3 is 15.0 Å². The number of ether oxygens (including phenoxy) is 1. The maximum Gasteiger partial charge on any atom is 0.268 e. The van der Waals surface area contributed by atoms with Crippen LogP contribution in [0, 0.1) is 0 Å². The molecule has 6 heteroatoms. The van der Waals surface area contributed by atoms with Crippen LogP contribution >= 0.6 is 0 Å². The number of hydrogen-bond acceptors (Lipinski definition) is 5. The lowest BCUT2D eigenvalue weighted by Crippen LogP contribution is -2.39. The first-order chi connectivity index (χ1) is 9.89. The minimum Gasteiger partial charge on any atom is -0.380 e. The maximum absolute atomic E-state index is 12.1. The second kappa shape index (κ2) is 6.58. The molecule has 118 valence electrons. The fourth-order valence-corrected chi connectivity index (χ4v) is 2.46. The van der Waals surface area contributed by atoms with Gasteiger partial charge in [0.1, 0.15) is 0 Å². The van der Waals surface area contributed by atoms with Crippen LogP contribution in [0.15, 0.2) is 17.1 Å². The molecule has 0 saturated carbocycles. The molecule has 2 heterocycles. The molecule has 1 aromatic heterocycles. The van der Waals surface area contributed by atoms with Crippen LogP contribution in [0.1, 0.15) is 27.2 Å². The Morgan fingerprint density at radius 3 is 2.81 bits per heavy atom. The highest BCUT2D eigenvalue weighted by Crippen LogP contribution is 2.19. The Hall–Kier alpha value is -1.40.